The smallest absolute Gasteiger partial charge is 0.408 e. The van der Waals surface area contributed by atoms with Gasteiger partial charge in [0.25, 0.3) is 0 Å². The van der Waals surface area contributed by atoms with Crippen molar-refractivity contribution in [3.05, 3.63) is 21.9 Å². The van der Waals surface area contributed by atoms with Gasteiger partial charge in [0, 0.05) is 17.5 Å². The maximum absolute atomic E-state index is 12.1. The van der Waals surface area contributed by atoms with Crippen molar-refractivity contribution >= 4 is 17.4 Å². The minimum atomic E-state index is -0.447. The second kappa shape index (κ2) is 6.44. The minimum absolute atomic E-state index is 0.129. The quantitative estimate of drug-likeness (QED) is 0.868. The summed E-state index contributed by atoms with van der Waals surface area (Å²) in [5.74, 6) is 0. The van der Waals surface area contributed by atoms with Crippen LogP contribution in [0.5, 0.6) is 0 Å². The molecule has 1 heterocycles. The average molecular weight is 337 g/mol. The van der Waals surface area contributed by atoms with Crippen LogP contribution in [0.25, 0.3) is 0 Å². The summed E-state index contributed by atoms with van der Waals surface area (Å²) in [5.41, 5.74) is 0.890. The molecule has 3 rings (SSSR count). The van der Waals surface area contributed by atoms with Crippen molar-refractivity contribution in [3.63, 3.8) is 0 Å². The van der Waals surface area contributed by atoms with Gasteiger partial charge < -0.3 is 15.4 Å². The van der Waals surface area contributed by atoms with E-state index in [1.54, 1.807) is 0 Å². The van der Waals surface area contributed by atoms with Gasteiger partial charge in [0.2, 0.25) is 0 Å². The fourth-order valence-electron chi connectivity index (χ4n) is 3.49. The van der Waals surface area contributed by atoms with Gasteiger partial charge in [0.1, 0.15) is 5.60 Å². The van der Waals surface area contributed by atoms with E-state index < -0.39 is 5.60 Å². The van der Waals surface area contributed by atoms with Crippen LogP contribution in [0.4, 0.5) is 4.79 Å². The maximum Gasteiger partial charge on any atom is 0.408 e. The van der Waals surface area contributed by atoms with Crippen molar-refractivity contribution in [2.24, 2.45) is 0 Å². The predicted octanol–water partition coefficient (Wildman–Crippen LogP) is 4.16. The minimum Gasteiger partial charge on any atom is -0.444 e. The second-order valence-corrected chi connectivity index (χ2v) is 8.89. The molecule has 0 bridgehead atoms. The molecule has 0 spiro atoms. The molecule has 5 heteroatoms. The summed E-state index contributed by atoms with van der Waals surface area (Å²) < 4.78 is 5.43. The summed E-state index contributed by atoms with van der Waals surface area (Å²) in [6, 6.07) is 2.69. The lowest BCUT2D eigenvalue weighted by Crippen LogP contribution is -2.60. The van der Waals surface area contributed by atoms with E-state index in [4.69, 9.17) is 4.74 Å². The Bertz CT molecular complexity index is 558. The van der Waals surface area contributed by atoms with Gasteiger partial charge in [0.15, 0.2) is 0 Å². The molecule has 1 saturated carbocycles. The molecule has 1 unspecified atom stereocenters. The van der Waals surface area contributed by atoms with Crippen LogP contribution in [0.3, 0.4) is 0 Å². The van der Waals surface area contributed by atoms with Crippen LogP contribution in [0.1, 0.15) is 69.4 Å². The van der Waals surface area contributed by atoms with E-state index in [0.717, 1.165) is 19.4 Å². The maximum atomic E-state index is 12.1. The Morgan fingerprint density at radius 1 is 1.39 bits per heavy atom. The first-order chi connectivity index (χ1) is 10.9. The van der Waals surface area contributed by atoms with E-state index in [1.807, 2.05) is 32.1 Å². The molecule has 2 N–H and O–H groups in total. The van der Waals surface area contributed by atoms with Crippen LogP contribution in [0.2, 0.25) is 0 Å². The highest BCUT2D eigenvalue weighted by Gasteiger charge is 2.40. The summed E-state index contributed by atoms with van der Waals surface area (Å²) in [6.45, 7) is 6.53. The second-order valence-electron chi connectivity index (χ2n) is 7.89. The lowest BCUT2D eigenvalue weighted by atomic mass is 9.76. The standard InChI is InChI=1S/C18H28N2O2S/c1-17(2,3)22-16(21)20-18(9-5-10-18)12-19-14-6-4-7-15-13(14)8-11-23-15/h8,11,14,19H,4-7,9-10,12H2,1-3H3,(H,20,21). The summed E-state index contributed by atoms with van der Waals surface area (Å²) >= 11 is 1.87. The highest BCUT2D eigenvalue weighted by molar-refractivity contribution is 7.10. The molecule has 2 aliphatic carbocycles. The van der Waals surface area contributed by atoms with Gasteiger partial charge in [-0.2, -0.15) is 0 Å². The molecule has 23 heavy (non-hydrogen) atoms. The largest absolute Gasteiger partial charge is 0.444 e. The number of carbonyl (C=O) groups excluding carboxylic acids is 1. The van der Waals surface area contributed by atoms with Gasteiger partial charge in [-0.05, 0) is 76.3 Å². The first-order valence-electron chi connectivity index (χ1n) is 8.68. The van der Waals surface area contributed by atoms with E-state index in [-0.39, 0.29) is 11.6 Å². The van der Waals surface area contributed by atoms with Gasteiger partial charge in [-0.25, -0.2) is 4.79 Å². The van der Waals surface area contributed by atoms with Gasteiger partial charge in [0.05, 0.1) is 5.54 Å². The zero-order chi connectivity index (χ0) is 16.5. The van der Waals surface area contributed by atoms with Crippen molar-refractivity contribution < 1.29 is 9.53 Å². The van der Waals surface area contributed by atoms with Gasteiger partial charge in [-0.15, -0.1) is 11.3 Å². The number of rotatable bonds is 4. The molecule has 0 saturated heterocycles. The third-order valence-corrected chi connectivity index (χ3v) is 5.81. The molecule has 2 aliphatic rings. The SMILES string of the molecule is CC(C)(C)OC(=O)NC1(CNC2CCCc3sccc32)CCC1. The molecule has 1 amide bonds. The highest BCUT2D eigenvalue weighted by atomic mass is 32.1. The summed E-state index contributed by atoms with van der Waals surface area (Å²) in [6.07, 6.45) is 6.59. The number of ether oxygens (including phenoxy) is 1. The average Bonchev–Trinajstić information content (AvgIpc) is 2.88. The Balaban J connectivity index is 1.57. The Hall–Kier alpha value is -1.07. The predicted molar refractivity (Wildman–Crippen MR) is 94.0 cm³/mol. The Morgan fingerprint density at radius 2 is 2.17 bits per heavy atom. The lowest BCUT2D eigenvalue weighted by molar-refractivity contribution is 0.0378. The summed E-state index contributed by atoms with van der Waals surface area (Å²) in [4.78, 5) is 13.6. The van der Waals surface area contributed by atoms with Crippen LogP contribution in [0, 0.1) is 0 Å². The number of hydrogen-bond donors (Lipinski definition) is 2. The third-order valence-electron chi connectivity index (χ3n) is 4.82. The topological polar surface area (TPSA) is 50.4 Å². The number of amides is 1. The van der Waals surface area contributed by atoms with Crippen LogP contribution in [0.15, 0.2) is 11.4 Å². The van der Waals surface area contributed by atoms with Gasteiger partial charge >= 0.3 is 6.09 Å². The van der Waals surface area contributed by atoms with Crippen LogP contribution >= 0.6 is 11.3 Å². The number of aryl methyl sites for hydroxylation is 1. The number of hydrogen-bond acceptors (Lipinski definition) is 4. The fourth-order valence-corrected chi connectivity index (χ4v) is 4.47. The molecule has 4 nitrogen and oxygen atoms in total. The molecule has 0 aromatic carbocycles. The molecule has 0 radical (unpaired) electrons. The van der Waals surface area contributed by atoms with Crippen molar-refractivity contribution in [3.8, 4) is 0 Å². The van der Waals surface area contributed by atoms with Crippen LogP contribution < -0.4 is 10.6 Å². The number of thiophene rings is 1. The number of fused-ring (bicyclic) bond motifs is 1. The molecular formula is C18H28N2O2S. The number of nitrogens with one attached hydrogen (secondary N) is 2. The van der Waals surface area contributed by atoms with Crippen molar-refractivity contribution in [1.29, 1.82) is 0 Å². The lowest BCUT2D eigenvalue weighted by Gasteiger charge is -2.44. The summed E-state index contributed by atoms with van der Waals surface area (Å²) in [5, 5.41) is 9.03. The number of alkyl carbamates (subject to hydrolysis) is 1. The van der Waals surface area contributed by atoms with Gasteiger partial charge in [-0.1, -0.05) is 0 Å². The normalized spacial score (nSPS) is 22.8. The molecule has 1 aromatic heterocycles. The van der Waals surface area contributed by atoms with Gasteiger partial charge in [-0.3, -0.25) is 0 Å². The molecular weight excluding hydrogens is 308 g/mol. The van der Waals surface area contributed by atoms with Crippen molar-refractivity contribution in [2.75, 3.05) is 6.54 Å². The van der Waals surface area contributed by atoms with Crippen LogP contribution in [-0.2, 0) is 11.2 Å². The summed E-state index contributed by atoms with van der Waals surface area (Å²) in [7, 11) is 0. The zero-order valence-corrected chi connectivity index (χ0v) is 15.2. The van der Waals surface area contributed by atoms with E-state index in [2.05, 4.69) is 22.1 Å². The van der Waals surface area contributed by atoms with Crippen molar-refractivity contribution in [1.82, 2.24) is 10.6 Å². The van der Waals surface area contributed by atoms with E-state index in [0.29, 0.717) is 6.04 Å². The molecule has 1 fully saturated rings. The monoisotopic (exact) mass is 336 g/mol. The molecule has 1 atom stereocenters. The molecule has 0 aliphatic heterocycles. The Kier molecular flexibility index (Phi) is 4.70. The molecule has 128 valence electrons. The van der Waals surface area contributed by atoms with Crippen molar-refractivity contribution in [2.45, 2.75) is 76.5 Å². The van der Waals surface area contributed by atoms with E-state index >= 15 is 0 Å². The molecule has 1 aromatic rings. The van der Waals surface area contributed by atoms with E-state index in [9.17, 15) is 4.79 Å². The zero-order valence-electron chi connectivity index (χ0n) is 14.4. The first-order valence-corrected chi connectivity index (χ1v) is 9.56. The Labute approximate surface area is 143 Å². The van der Waals surface area contributed by atoms with E-state index in [1.165, 1.54) is 36.1 Å². The highest BCUT2D eigenvalue weighted by Crippen LogP contribution is 2.36. The first kappa shape index (κ1) is 16.8. The number of carbonyl (C=O) groups is 1. The van der Waals surface area contributed by atoms with Crippen LogP contribution in [-0.4, -0.2) is 23.8 Å². The third kappa shape index (κ3) is 4.07. The Morgan fingerprint density at radius 3 is 2.83 bits per heavy atom. The fraction of sp³-hybridized carbons (Fsp3) is 0.722.